The third-order valence-electron chi connectivity index (χ3n) is 7.51. The molecule has 2 aliphatic rings. The van der Waals surface area contributed by atoms with Gasteiger partial charge in [-0.05, 0) is 50.8 Å². The number of hydrogen-bond acceptors (Lipinski definition) is 6. The molecular weight excluding hydrogens is 553 g/mol. The predicted molar refractivity (Wildman–Crippen MR) is 147 cm³/mol. The van der Waals surface area contributed by atoms with Crippen LogP contribution in [0, 0.1) is 0 Å². The molecule has 0 saturated carbocycles. The van der Waals surface area contributed by atoms with Gasteiger partial charge in [0.05, 0.1) is 12.1 Å². The second-order valence-corrected chi connectivity index (χ2v) is 11.4. The Kier molecular flexibility index (Phi) is 8.90. The highest BCUT2D eigenvalue weighted by Gasteiger charge is 2.61. The standard InChI is InChI=1S/C29H35F3N6O4/c1-27(2,33)24(40)35-22(13-8-11-20-9-4-3-5-10-20)23(39)36-15-16-38-26(42)37(19-29(30,31)32)25(41)28(38,18-36)17-21-12-6-7-14-34-21/h3-7,9-10,12,14,22H,8,11,13,15-19,33H2,1-2H3,(H,35,40). The molecule has 2 unspecified atom stereocenters. The number of alkyl halides is 3. The van der Waals surface area contributed by atoms with Crippen molar-refractivity contribution in [3.05, 3.63) is 66.0 Å². The van der Waals surface area contributed by atoms with Gasteiger partial charge in [-0.2, -0.15) is 13.2 Å². The van der Waals surface area contributed by atoms with Crippen LogP contribution >= 0.6 is 0 Å². The minimum absolute atomic E-state index is 0.0290. The van der Waals surface area contributed by atoms with Gasteiger partial charge in [-0.25, -0.2) is 4.79 Å². The van der Waals surface area contributed by atoms with Gasteiger partial charge in [-0.15, -0.1) is 0 Å². The first-order valence-corrected chi connectivity index (χ1v) is 13.7. The van der Waals surface area contributed by atoms with E-state index in [2.05, 4.69) is 10.3 Å². The molecule has 2 aliphatic heterocycles. The number of benzene rings is 1. The van der Waals surface area contributed by atoms with Gasteiger partial charge in [-0.1, -0.05) is 36.4 Å². The zero-order valence-electron chi connectivity index (χ0n) is 23.6. The number of aryl methyl sites for hydroxylation is 1. The molecule has 13 heteroatoms. The summed E-state index contributed by atoms with van der Waals surface area (Å²) in [6.45, 7) is 0.740. The zero-order chi connectivity index (χ0) is 30.7. The Hall–Kier alpha value is -4.00. The van der Waals surface area contributed by atoms with E-state index < -0.39 is 53.6 Å². The number of piperazine rings is 1. The summed E-state index contributed by atoms with van der Waals surface area (Å²) in [6.07, 6.45) is -2.06. The first-order valence-electron chi connectivity index (χ1n) is 13.7. The summed E-state index contributed by atoms with van der Waals surface area (Å²) in [4.78, 5) is 60.4. The van der Waals surface area contributed by atoms with E-state index in [1.807, 2.05) is 30.3 Å². The third kappa shape index (κ3) is 6.89. The highest BCUT2D eigenvalue weighted by molar-refractivity contribution is 6.08. The van der Waals surface area contributed by atoms with Crippen molar-refractivity contribution in [3.63, 3.8) is 0 Å². The van der Waals surface area contributed by atoms with Crippen molar-refractivity contribution in [3.8, 4) is 0 Å². The van der Waals surface area contributed by atoms with Gasteiger partial charge < -0.3 is 20.9 Å². The minimum Gasteiger partial charge on any atom is -0.343 e. The summed E-state index contributed by atoms with van der Waals surface area (Å²) < 4.78 is 40.1. The molecule has 5 amide bonds. The zero-order valence-corrected chi connectivity index (χ0v) is 23.6. The molecule has 2 fully saturated rings. The molecule has 42 heavy (non-hydrogen) atoms. The van der Waals surface area contributed by atoms with Crippen LogP contribution in [0.2, 0.25) is 0 Å². The Labute approximate surface area is 242 Å². The molecule has 4 rings (SSSR count). The molecule has 0 spiro atoms. The van der Waals surface area contributed by atoms with Crippen LogP contribution in [0.1, 0.15) is 37.9 Å². The van der Waals surface area contributed by atoms with Crippen LogP contribution in [-0.4, -0.2) is 92.9 Å². The summed E-state index contributed by atoms with van der Waals surface area (Å²) >= 11 is 0. The first kappa shape index (κ1) is 30.9. The van der Waals surface area contributed by atoms with E-state index in [1.165, 1.54) is 24.9 Å². The predicted octanol–water partition coefficient (Wildman–Crippen LogP) is 2.28. The van der Waals surface area contributed by atoms with Crippen molar-refractivity contribution in [2.45, 2.75) is 62.8 Å². The molecular formula is C29H35F3N6O4. The van der Waals surface area contributed by atoms with E-state index in [1.54, 1.807) is 18.2 Å². The summed E-state index contributed by atoms with van der Waals surface area (Å²) in [5.74, 6) is -2.10. The number of urea groups is 1. The number of nitrogens with one attached hydrogen (secondary N) is 1. The molecule has 2 saturated heterocycles. The second-order valence-electron chi connectivity index (χ2n) is 11.4. The van der Waals surface area contributed by atoms with E-state index in [0.717, 1.165) is 10.5 Å². The van der Waals surface area contributed by atoms with Crippen molar-refractivity contribution >= 4 is 23.8 Å². The quantitative estimate of drug-likeness (QED) is 0.410. The highest BCUT2D eigenvalue weighted by Crippen LogP contribution is 2.36. The topological polar surface area (TPSA) is 129 Å². The van der Waals surface area contributed by atoms with Crippen LogP contribution in [-0.2, 0) is 27.2 Å². The number of pyridine rings is 1. The van der Waals surface area contributed by atoms with Crippen molar-refractivity contribution in [1.82, 2.24) is 25.0 Å². The number of imide groups is 1. The number of amides is 5. The van der Waals surface area contributed by atoms with E-state index in [4.69, 9.17) is 5.73 Å². The van der Waals surface area contributed by atoms with E-state index in [9.17, 15) is 32.3 Å². The average molecular weight is 589 g/mol. The Bertz CT molecular complexity index is 1300. The largest absolute Gasteiger partial charge is 0.406 e. The van der Waals surface area contributed by atoms with Crippen LogP contribution in [0.3, 0.4) is 0 Å². The van der Waals surface area contributed by atoms with Crippen LogP contribution in [0.25, 0.3) is 0 Å². The molecule has 0 bridgehead atoms. The Morgan fingerprint density at radius 1 is 1.07 bits per heavy atom. The second kappa shape index (κ2) is 12.1. The number of nitrogens with two attached hydrogens (primary N) is 1. The molecule has 0 radical (unpaired) electrons. The number of nitrogens with zero attached hydrogens (tertiary/aromatic N) is 4. The Morgan fingerprint density at radius 3 is 2.38 bits per heavy atom. The highest BCUT2D eigenvalue weighted by atomic mass is 19.4. The molecule has 1 aromatic carbocycles. The van der Waals surface area contributed by atoms with Crippen LogP contribution < -0.4 is 11.1 Å². The molecule has 3 N–H and O–H groups in total. The number of hydrogen-bond donors (Lipinski definition) is 2. The van der Waals surface area contributed by atoms with Crippen molar-refractivity contribution < 1.29 is 32.3 Å². The smallest absolute Gasteiger partial charge is 0.343 e. The Morgan fingerprint density at radius 2 is 1.76 bits per heavy atom. The van der Waals surface area contributed by atoms with Gasteiger partial charge in [0.15, 0.2) is 0 Å². The molecule has 2 aromatic rings. The number of aromatic nitrogens is 1. The lowest BCUT2D eigenvalue weighted by Gasteiger charge is -2.45. The molecule has 0 aliphatic carbocycles. The van der Waals surface area contributed by atoms with Gasteiger partial charge in [0.25, 0.3) is 5.91 Å². The fourth-order valence-electron chi connectivity index (χ4n) is 5.37. The number of halogens is 3. The number of carbonyl (C=O) groups is 4. The normalized spacial score (nSPS) is 20.0. The summed E-state index contributed by atoms with van der Waals surface area (Å²) in [5.41, 5.74) is 4.35. The molecule has 3 heterocycles. The van der Waals surface area contributed by atoms with Gasteiger partial charge in [0.2, 0.25) is 11.8 Å². The number of fused-ring (bicyclic) bond motifs is 1. The van der Waals surface area contributed by atoms with E-state index in [-0.39, 0.29) is 37.4 Å². The third-order valence-corrected chi connectivity index (χ3v) is 7.51. The fourth-order valence-corrected chi connectivity index (χ4v) is 5.37. The van der Waals surface area contributed by atoms with Gasteiger partial charge in [0.1, 0.15) is 18.1 Å². The van der Waals surface area contributed by atoms with Gasteiger partial charge in [-0.3, -0.25) is 24.3 Å². The van der Waals surface area contributed by atoms with Crippen molar-refractivity contribution in [2.75, 3.05) is 26.2 Å². The Balaban J connectivity index is 1.61. The molecule has 2 atom stereocenters. The fraction of sp³-hybridized carbons (Fsp3) is 0.483. The van der Waals surface area contributed by atoms with Crippen LogP contribution in [0.5, 0.6) is 0 Å². The minimum atomic E-state index is -4.80. The van der Waals surface area contributed by atoms with Gasteiger partial charge >= 0.3 is 12.2 Å². The molecule has 1 aromatic heterocycles. The average Bonchev–Trinajstić information content (AvgIpc) is 3.12. The maximum absolute atomic E-state index is 13.9. The van der Waals surface area contributed by atoms with Crippen molar-refractivity contribution in [1.29, 1.82) is 0 Å². The molecule has 226 valence electrons. The van der Waals surface area contributed by atoms with Crippen LogP contribution in [0.4, 0.5) is 18.0 Å². The van der Waals surface area contributed by atoms with Gasteiger partial charge in [0, 0.05) is 31.4 Å². The SMILES string of the molecule is CC(C)(N)C(=O)NC(CCCc1ccccc1)C(=O)N1CCN2C(=O)N(CC(F)(F)F)C(=O)C2(Cc2ccccn2)C1. The molecule has 10 nitrogen and oxygen atoms in total. The number of rotatable bonds is 10. The monoisotopic (exact) mass is 588 g/mol. The van der Waals surface area contributed by atoms with E-state index in [0.29, 0.717) is 18.5 Å². The first-order chi connectivity index (χ1) is 19.7. The van der Waals surface area contributed by atoms with Crippen molar-refractivity contribution in [2.24, 2.45) is 5.73 Å². The summed E-state index contributed by atoms with van der Waals surface area (Å²) in [5, 5.41) is 2.73. The lowest BCUT2D eigenvalue weighted by molar-refractivity contribution is -0.157. The lowest BCUT2D eigenvalue weighted by atomic mass is 9.88. The maximum atomic E-state index is 13.9. The summed E-state index contributed by atoms with van der Waals surface area (Å²) in [6, 6.07) is 12.5. The maximum Gasteiger partial charge on any atom is 0.406 e. The summed E-state index contributed by atoms with van der Waals surface area (Å²) in [7, 11) is 0. The lowest BCUT2D eigenvalue weighted by Crippen LogP contribution is -2.67. The van der Waals surface area contributed by atoms with E-state index >= 15 is 0 Å². The van der Waals surface area contributed by atoms with Crippen LogP contribution in [0.15, 0.2) is 54.7 Å². The number of carbonyl (C=O) groups excluding carboxylic acids is 4.